The van der Waals surface area contributed by atoms with Gasteiger partial charge in [0.1, 0.15) is 0 Å². The molecule has 19 heavy (non-hydrogen) atoms. The molecule has 5 nitrogen and oxygen atoms in total. The Morgan fingerprint density at radius 1 is 1.26 bits per heavy atom. The molecule has 0 aromatic carbocycles. The Bertz CT molecular complexity index is 314. The Morgan fingerprint density at radius 3 is 2.32 bits per heavy atom. The van der Waals surface area contributed by atoms with Crippen LogP contribution in [0.1, 0.15) is 40.0 Å². The third-order valence-corrected chi connectivity index (χ3v) is 3.94. The highest BCUT2D eigenvalue weighted by Gasteiger charge is 2.25. The molecule has 1 rings (SSSR count). The number of amides is 1. The van der Waals surface area contributed by atoms with Gasteiger partial charge < -0.3 is 10.0 Å². The van der Waals surface area contributed by atoms with Gasteiger partial charge in [0, 0.05) is 25.7 Å². The molecular formula is C14H26N2O3. The average molecular weight is 270 g/mol. The fourth-order valence-electron chi connectivity index (χ4n) is 2.33. The Kier molecular flexibility index (Phi) is 6.28. The summed E-state index contributed by atoms with van der Waals surface area (Å²) in [7, 11) is 0. The van der Waals surface area contributed by atoms with Crippen molar-refractivity contribution < 1.29 is 14.7 Å². The topological polar surface area (TPSA) is 60.9 Å². The van der Waals surface area contributed by atoms with E-state index in [-0.39, 0.29) is 11.9 Å². The van der Waals surface area contributed by atoms with Gasteiger partial charge in [-0.15, -0.1) is 0 Å². The lowest BCUT2D eigenvalue weighted by Gasteiger charge is -2.30. The van der Waals surface area contributed by atoms with E-state index in [2.05, 4.69) is 6.92 Å². The molecule has 0 spiro atoms. The minimum atomic E-state index is -0.804. The van der Waals surface area contributed by atoms with Crippen LogP contribution in [0.25, 0.3) is 0 Å². The third-order valence-electron chi connectivity index (χ3n) is 3.94. The molecule has 1 aliphatic rings. The van der Waals surface area contributed by atoms with Crippen LogP contribution in [-0.2, 0) is 9.59 Å². The van der Waals surface area contributed by atoms with Gasteiger partial charge >= 0.3 is 5.97 Å². The van der Waals surface area contributed by atoms with Gasteiger partial charge in [-0.25, -0.2) is 0 Å². The lowest BCUT2D eigenvalue weighted by atomic mass is 10.1. The molecular weight excluding hydrogens is 244 g/mol. The second-order valence-corrected chi connectivity index (χ2v) is 5.51. The quantitative estimate of drug-likeness (QED) is 0.760. The normalized spacial score (nSPS) is 18.6. The first-order valence-electron chi connectivity index (χ1n) is 7.20. The monoisotopic (exact) mass is 270 g/mol. The number of hydrogen-bond donors (Lipinski definition) is 1. The minimum Gasteiger partial charge on any atom is -0.481 e. The molecule has 5 heteroatoms. The minimum absolute atomic E-state index is 0.135. The summed E-state index contributed by atoms with van der Waals surface area (Å²) in [5.41, 5.74) is 0. The summed E-state index contributed by atoms with van der Waals surface area (Å²) in [4.78, 5) is 27.0. The standard InChI is InChI=1S/C14H26N2O3/c1-4-12(3)16(9-11(2)14(18)19)10-13(17)15-7-5-6-8-15/h11-12H,4-10H2,1-3H3,(H,18,19). The van der Waals surface area contributed by atoms with Crippen LogP contribution < -0.4 is 0 Å². The molecule has 110 valence electrons. The molecule has 0 bridgehead atoms. The lowest BCUT2D eigenvalue weighted by molar-refractivity contribution is -0.143. The Balaban J connectivity index is 2.58. The van der Waals surface area contributed by atoms with Crippen molar-refractivity contribution in [1.29, 1.82) is 0 Å². The molecule has 0 radical (unpaired) electrons. The zero-order valence-corrected chi connectivity index (χ0v) is 12.3. The molecule has 2 atom stereocenters. The summed E-state index contributed by atoms with van der Waals surface area (Å²) in [6.45, 7) is 8.27. The molecule has 1 N–H and O–H groups in total. The summed E-state index contributed by atoms with van der Waals surface area (Å²) in [5, 5.41) is 9.01. The Hall–Kier alpha value is -1.10. The van der Waals surface area contributed by atoms with Gasteiger partial charge in [-0.2, -0.15) is 0 Å². The average Bonchev–Trinajstić information content (AvgIpc) is 2.90. The van der Waals surface area contributed by atoms with Crippen molar-refractivity contribution in [2.45, 2.75) is 46.1 Å². The van der Waals surface area contributed by atoms with Crippen molar-refractivity contribution in [3.63, 3.8) is 0 Å². The van der Waals surface area contributed by atoms with Crippen molar-refractivity contribution in [3.8, 4) is 0 Å². The van der Waals surface area contributed by atoms with Crippen LogP contribution >= 0.6 is 0 Å². The number of carbonyl (C=O) groups excluding carboxylic acids is 1. The van der Waals surface area contributed by atoms with Crippen molar-refractivity contribution in [3.05, 3.63) is 0 Å². The van der Waals surface area contributed by atoms with E-state index in [4.69, 9.17) is 5.11 Å². The number of nitrogens with zero attached hydrogens (tertiary/aromatic N) is 2. The second kappa shape index (κ2) is 7.48. The fraction of sp³-hybridized carbons (Fsp3) is 0.857. The number of carboxylic acid groups (broad SMARTS) is 1. The van der Waals surface area contributed by atoms with E-state index in [0.717, 1.165) is 32.4 Å². The van der Waals surface area contributed by atoms with Crippen LogP contribution in [0.2, 0.25) is 0 Å². The number of aliphatic carboxylic acids is 1. The van der Waals surface area contributed by atoms with E-state index in [1.54, 1.807) is 6.92 Å². The highest BCUT2D eigenvalue weighted by Crippen LogP contribution is 2.12. The van der Waals surface area contributed by atoms with Crippen LogP contribution in [0.4, 0.5) is 0 Å². The summed E-state index contributed by atoms with van der Waals surface area (Å²) in [6.07, 6.45) is 3.08. The predicted octanol–water partition coefficient (Wildman–Crippen LogP) is 1.43. The fourth-order valence-corrected chi connectivity index (χ4v) is 2.33. The van der Waals surface area contributed by atoms with Gasteiger partial charge in [-0.1, -0.05) is 13.8 Å². The van der Waals surface area contributed by atoms with Crippen molar-refractivity contribution in [2.24, 2.45) is 5.92 Å². The SMILES string of the molecule is CCC(C)N(CC(=O)N1CCCC1)CC(C)C(=O)O. The first-order valence-corrected chi connectivity index (χ1v) is 7.20. The number of rotatable bonds is 7. The predicted molar refractivity (Wildman–Crippen MR) is 73.9 cm³/mol. The van der Waals surface area contributed by atoms with Crippen LogP contribution in [0.5, 0.6) is 0 Å². The number of carbonyl (C=O) groups is 2. The van der Waals surface area contributed by atoms with Crippen LogP contribution in [0, 0.1) is 5.92 Å². The third kappa shape index (κ3) is 4.82. The summed E-state index contributed by atoms with van der Waals surface area (Å²) in [5.74, 6) is -1.11. The number of hydrogen-bond acceptors (Lipinski definition) is 3. The molecule has 0 aromatic rings. The zero-order valence-electron chi connectivity index (χ0n) is 12.3. The van der Waals surface area contributed by atoms with Gasteiger partial charge in [0.25, 0.3) is 0 Å². The molecule has 1 aliphatic heterocycles. The Labute approximate surface area is 115 Å². The van der Waals surface area contributed by atoms with Crippen LogP contribution in [0.15, 0.2) is 0 Å². The van der Waals surface area contributed by atoms with E-state index in [1.165, 1.54) is 0 Å². The number of likely N-dealkylation sites (tertiary alicyclic amines) is 1. The molecule has 0 saturated carbocycles. The molecule has 1 amide bonds. The van der Waals surface area contributed by atoms with Gasteiger partial charge in [0.2, 0.25) is 5.91 Å². The van der Waals surface area contributed by atoms with Crippen molar-refractivity contribution in [1.82, 2.24) is 9.80 Å². The Morgan fingerprint density at radius 2 is 1.84 bits per heavy atom. The van der Waals surface area contributed by atoms with E-state index in [9.17, 15) is 9.59 Å². The molecule has 0 aliphatic carbocycles. The number of carboxylic acids is 1. The van der Waals surface area contributed by atoms with Gasteiger partial charge in [0.15, 0.2) is 0 Å². The first-order chi connectivity index (χ1) is 8.95. The zero-order chi connectivity index (χ0) is 14.4. The maximum atomic E-state index is 12.2. The molecule has 1 saturated heterocycles. The van der Waals surface area contributed by atoms with Gasteiger partial charge in [-0.05, 0) is 26.2 Å². The van der Waals surface area contributed by atoms with E-state index < -0.39 is 11.9 Å². The van der Waals surface area contributed by atoms with Crippen molar-refractivity contribution in [2.75, 3.05) is 26.2 Å². The molecule has 1 heterocycles. The summed E-state index contributed by atoms with van der Waals surface area (Å²) < 4.78 is 0. The molecule has 1 fully saturated rings. The maximum absolute atomic E-state index is 12.2. The molecule has 0 aromatic heterocycles. The van der Waals surface area contributed by atoms with E-state index in [0.29, 0.717) is 13.1 Å². The van der Waals surface area contributed by atoms with Crippen LogP contribution in [0.3, 0.4) is 0 Å². The highest BCUT2D eigenvalue weighted by molar-refractivity contribution is 5.78. The van der Waals surface area contributed by atoms with E-state index >= 15 is 0 Å². The van der Waals surface area contributed by atoms with E-state index in [1.807, 2.05) is 16.7 Å². The smallest absolute Gasteiger partial charge is 0.307 e. The highest BCUT2D eigenvalue weighted by atomic mass is 16.4. The van der Waals surface area contributed by atoms with Gasteiger partial charge in [-0.3, -0.25) is 14.5 Å². The lowest BCUT2D eigenvalue weighted by Crippen LogP contribution is -2.45. The van der Waals surface area contributed by atoms with Crippen LogP contribution in [-0.4, -0.2) is 59.0 Å². The summed E-state index contributed by atoms with van der Waals surface area (Å²) in [6, 6.07) is 0.230. The second-order valence-electron chi connectivity index (χ2n) is 5.51. The molecule has 2 unspecified atom stereocenters. The largest absolute Gasteiger partial charge is 0.481 e. The first kappa shape index (κ1) is 16.0. The van der Waals surface area contributed by atoms with Gasteiger partial charge in [0.05, 0.1) is 12.5 Å². The maximum Gasteiger partial charge on any atom is 0.307 e. The van der Waals surface area contributed by atoms with Crippen molar-refractivity contribution >= 4 is 11.9 Å². The summed E-state index contributed by atoms with van der Waals surface area (Å²) >= 11 is 0.